The van der Waals surface area contributed by atoms with Crippen molar-refractivity contribution in [3.63, 3.8) is 0 Å². The van der Waals surface area contributed by atoms with Crippen molar-refractivity contribution < 1.29 is 9.53 Å². The Morgan fingerprint density at radius 3 is 2.90 bits per heavy atom. The molecule has 0 aliphatic carbocycles. The Morgan fingerprint density at radius 2 is 2.50 bits per heavy atom. The molecule has 1 rings (SSSR count). The van der Waals surface area contributed by atoms with Gasteiger partial charge < -0.3 is 9.64 Å². The highest BCUT2D eigenvalue weighted by atomic mass is 16.5. The lowest BCUT2D eigenvalue weighted by Gasteiger charge is -2.15. The van der Waals surface area contributed by atoms with E-state index in [1.54, 1.807) is 0 Å². The molecule has 0 saturated carbocycles. The highest BCUT2D eigenvalue weighted by molar-refractivity contribution is 5.85. The summed E-state index contributed by atoms with van der Waals surface area (Å²) in [7, 11) is 1.94. The average Bonchev–Trinajstić information content (AvgIpc) is 2.34. The summed E-state index contributed by atoms with van der Waals surface area (Å²) in [5, 5.41) is 0. The second kappa shape index (κ2) is 2.73. The highest BCUT2D eigenvalue weighted by Crippen LogP contribution is 2.08. The van der Waals surface area contributed by atoms with Crippen LogP contribution < -0.4 is 0 Å². The first-order valence-electron chi connectivity index (χ1n) is 3.32. The van der Waals surface area contributed by atoms with Crippen LogP contribution in [-0.4, -0.2) is 31.1 Å². The number of carbonyl (C=O) groups is 1. The molecule has 0 aromatic carbocycles. The minimum absolute atomic E-state index is 0.227. The molecule has 0 bridgehead atoms. The van der Waals surface area contributed by atoms with Gasteiger partial charge in [0.1, 0.15) is 6.61 Å². The highest BCUT2D eigenvalue weighted by Gasteiger charge is 2.14. The zero-order chi connectivity index (χ0) is 7.56. The van der Waals surface area contributed by atoms with E-state index in [-0.39, 0.29) is 5.97 Å². The van der Waals surface area contributed by atoms with E-state index in [9.17, 15) is 4.79 Å². The van der Waals surface area contributed by atoms with Gasteiger partial charge in [0.2, 0.25) is 0 Å². The van der Waals surface area contributed by atoms with Crippen LogP contribution in [0.4, 0.5) is 0 Å². The molecule has 0 radical (unpaired) electrons. The Kier molecular flexibility index (Phi) is 1.94. The van der Waals surface area contributed by atoms with E-state index in [4.69, 9.17) is 4.74 Å². The fraction of sp³-hybridized carbons (Fsp3) is 0.571. The van der Waals surface area contributed by atoms with Crippen LogP contribution in [0.15, 0.2) is 11.8 Å². The summed E-state index contributed by atoms with van der Waals surface area (Å²) in [6.45, 7) is 3.37. The SMILES string of the molecule is CCN(C)C1=CC(=O)OC1. The lowest BCUT2D eigenvalue weighted by Crippen LogP contribution is -2.17. The first kappa shape index (κ1) is 7.12. The number of esters is 1. The van der Waals surface area contributed by atoms with Crippen molar-refractivity contribution in [2.75, 3.05) is 20.2 Å². The topological polar surface area (TPSA) is 29.5 Å². The van der Waals surface area contributed by atoms with Crippen molar-refractivity contribution in [2.24, 2.45) is 0 Å². The molecule has 3 nitrogen and oxygen atoms in total. The van der Waals surface area contributed by atoms with Crippen LogP contribution in [0.2, 0.25) is 0 Å². The van der Waals surface area contributed by atoms with E-state index < -0.39 is 0 Å². The summed E-state index contributed by atoms with van der Waals surface area (Å²) in [6, 6.07) is 0. The summed E-state index contributed by atoms with van der Waals surface area (Å²) in [4.78, 5) is 12.5. The molecule has 0 atom stereocenters. The molecule has 0 spiro atoms. The summed E-state index contributed by atoms with van der Waals surface area (Å²) >= 11 is 0. The van der Waals surface area contributed by atoms with Crippen molar-refractivity contribution >= 4 is 5.97 Å². The molecule has 0 aromatic heterocycles. The van der Waals surface area contributed by atoms with Gasteiger partial charge in [-0.15, -0.1) is 0 Å². The van der Waals surface area contributed by atoms with Gasteiger partial charge in [-0.1, -0.05) is 0 Å². The molecule has 1 aliphatic rings. The van der Waals surface area contributed by atoms with Crippen LogP contribution in [0.25, 0.3) is 0 Å². The Balaban J connectivity index is 2.57. The predicted octanol–water partition coefficient (Wildman–Crippen LogP) is 0.379. The number of hydrogen-bond donors (Lipinski definition) is 0. The van der Waals surface area contributed by atoms with Crippen molar-refractivity contribution in [3.8, 4) is 0 Å². The molecule has 1 aliphatic heterocycles. The lowest BCUT2D eigenvalue weighted by molar-refractivity contribution is -0.135. The van der Waals surface area contributed by atoms with Gasteiger partial charge in [-0.25, -0.2) is 4.79 Å². The zero-order valence-electron chi connectivity index (χ0n) is 6.26. The summed E-state index contributed by atoms with van der Waals surface area (Å²) in [5.41, 5.74) is 0.965. The normalized spacial score (nSPS) is 16.6. The third-order valence-electron chi connectivity index (χ3n) is 1.61. The average molecular weight is 141 g/mol. The lowest BCUT2D eigenvalue weighted by atomic mass is 10.4. The smallest absolute Gasteiger partial charge is 0.333 e. The predicted molar refractivity (Wildman–Crippen MR) is 37.3 cm³/mol. The van der Waals surface area contributed by atoms with Gasteiger partial charge in [-0.3, -0.25) is 0 Å². The number of likely N-dealkylation sites (N-methyl/N-ethyl adjacent to an activating group) is 1. The maximum absolute atomic E-state index is 10.5. The number of ether oxygens (including phenoxy) is 1. The quantitative estimate of drug-likeness (QED) is 0.521. The fourth-order valence-corrected chi connectivity index (χ4v) is 0.788. The molecule has 56 valence electrons. The number of hydrogen-bond acceptors (Lipinski definition) is 3. The van der Waals surface area contributed by atoms with Gasteiger partial charge in [0.05, 0.1) is 5.70 Å². The third-order valence-corrected chi connectivity index (χ3v) is 1.61. The van der Waals surface area contributed by atoms with E-state index in [1.807, 2.05) is 18.9 Å². The van der Waals surface area contributed by atoms with Gasteiger partial charge in [-0.05, 0) is 6.92 Å². The molecule has 3 heteroatoms. The maximum Gasteiger partial charge on any atom is 0.333 e. The summed E-state index contributed by atoms with van der Waals surface area (Å²) < 4.78 is 4.72. The third kappa shape index (κ3) is 1.29. The number of nitrogens with zero attached hydrogens (tertiary/aromatic N) is 1. The van der Waals surface area contributed by atoms with Crippen LogP contribution in [0.3, 0.4) is 0 Å². The molecular formula is C7H11NO2. The first-order chi connectivity index (χ1) is 4.74. The first-order valence-corrected chi connectivity index (χ1v) is 3.32. The molecule has 0 saturated heterocycles. The Morgan fingerprint density at radius 1 is 1.80 bits per heavy atom. The molecule has 1 heterocycles. The van der Waals surface area contributed by atoms with Crippen LogP contribution in [0, 0.1) is 0 Å². The largest absolute Gasteiger partial charge is 0.456 e. The van der Waals surface area contributed by atoms with Crippen LogP contribution in [-0.2, 0) is 9.53 Å². The minimum Gasteiger partial charge on any atom is -0.456 e. The minimum atomic E-state index is -0.227. The molecule has 0 fully saturated rings. The Bertz CT molecular complexity index is 174. The van der Waals surface area contributed by atoms with Gasteiger partial charge >= 0.3 is 5.97 Å². The summed E-state index contributed by atoms with van der Waals surface area (Å²) in [5.74, 6) is -0.227. The van der Waals surface area contributed by atoms with Crippen molar-refractivity contribution in [1.29, 1.82) is 0 Å². The Hall–Kier alpha value is -0.990. The van der Waals surface area contributed by atoms with Gasteiger partial charge in [-0.2, -0.15) is 0 Å². The maximum atomic E-state index is 10.5. The van der Waals surface area contributed by atoms with E-state index in [2.05, 4.69) is 0 Å². The van der Waals surface area contributed by atoms with Crippen molar-refractivity contribution in [2.45, 2.75) is 6.92 Å². The molecule has 0 unspecified atom stereocenters. The van der Waals surface area contributed by atoms with Gasteiger partial charge in [0.25, 0.3) is 0 Å². The van der Waals surface area contributed by atoms with E-state index in [0.717, 1.165) is 12.2 Å². The van der Waals surface area contributed by atoms with E-state index in [1.165, 1.54) is 6.08 Å². The van der Waals surface area contributed by atoms with Gasteiger partial charge in [0.15, 0.2) is 0 Å². The zero-order valence-corrected chi connectivity index (χ0v) is 6.26. The van der Waals surface area contributed by atoms with Crippen LogP contribution in [0.1, 0.15) is 6.92 Å². The van der Waals surface area contributed by atoms with Gasteiger partial charge in [0, 0.05) is 19.7 Å². The second-order valence-corrected chi connectivity index (χ2v) is 2.26. The van der Waals surface area contributed by atoms with Crippen molar-refractivity contribution in [3.05, 3.63) is 11.8 Å². The van der Waals surface area contributed by atoms with Crippen LogP contribution in [0.5, 0.6) is 0 Å². The number of carbonyl (C=O) groups excluding carboxylic acids is 1. The molecule has 0 aromatic rings. The molecule has 10 heavy (non-hydrogen) atoms. The molecule has 0 amide bonds. The van der Waals surface area contributed by atoms with E-state index in [0.29, 0.717) is 6.61 Å². The number of rotatable bonds is 2. The number of cyclic esters (lactones) is 1. The standard InChI is InChI=1S/C7H11NO2/c1-3-8(2)6-4-7(9)10-5-6/h4H,3,5H2,1-2H3. The summed E-state index contributed by atoms with van der Waals surface area (Å²) in [6.07, 6.45) is 1.53. The van der Waals surface area contributed by atoms with Crippen molar-refractivity contribution in [1.82, 2.24) is 4.90 Å². The monoisotopic (exact) mass is 141 g/mol. The van der Waals surface area contributed by atoms with Crippen LogP contribution >= 0.6 is 0 Å². The second-order valence-electron chi connectivity index (χ2n) is 2.26. The fourth-order valence-electron chi connectivity index (χ4n) is 0.788. The molecule has 0 N–H and O–H groups in total. The molecular weight excluding hydrogens is 130 g/mol. The Labute approximate surface area is 60.3 Å². The van der Waals surface area contributed by atoms with E-state index >= 15 is 0 Å².